The van der Waals surface area contributed by atoms with E-state index >= 15 is 0 Å². The van der Waals surface area contributed by atoms with Gasteiger partial charge in [0.1, 0.15) is 6.61 Å². The van der Waals surface area contributed by atoms with E-state index in [-0.39, 0.29) is 12.6 Å². The van der Waals surface area contributed by atoms with Gasteiger partial charge in [-0.3, -0.25) is 4.98 Å². The first-order valence-corrected chi connectivity index (χ1v) is 8.02. The number of rotatable bonds is 4. The molecule has 0 saturated carbocycles. The van der Waals surface area contributed by atoms with E-state index < -0.39 is 0 Å². The number of aromatic nitrogens is 2. The van der Waals surface area contributed by atoms with Gasteiger partial charge < -0.3 is 4.74 Å². The number of esters is 1. The van der Waals surface area contributed by atoms with Crippen LogP contribution in [0, 0.1) is 6.92 Å². The van der Waals surface area contributed by atoms with Gasteiger partial charge in [0, 0.05) is 16.5 Å². The summed E-state index contributed by atoms with van der Waals surface area (Å²) >= 11 is 1.59. The second-order valence-corrected chi connectivity index (χ2v) is 5.93. The number of thiazole rings is 1. The molecular formula is C17H16N2O2S. The second kappa shape index (κ2) is 6.23. The number of para-hydroxylation sites is 1. The molecular weight excluding hydrogens is 296 g/mol. The van der Waals surface area contributed by atoms with Crippen LogP contribution in [0.15, 0.2) is 35.7 Å². The van der Waals surface area contributed by atoms with Crippen LogP contribution in [0.5, 0.6) is 0 Å². The van der Waals surface area contributed by atoms with Crippen molar-refractivity contribution in [3.8, 4) is 0 Å². The number of pyridine rings is 1. The summed E-state index contributed by atoms with van der Waals surface area (Å²) in [6, 6.07) is 9.35. The van der Waals surface area contributed by atoms with E-state index in [0.29, 0.717) is 5.56 Å². The van der Waals surface area contributed by atoms with Crippen molar-refractivity contribution in [3.05, 3.63) is 57.7 Å². The predicted octanol–water partition coefficient (Wildman–Crippen LogP) is 3.92. The lowest BCUT2D eigenvalue weighted by Crippen LogP contribution is -2.07. The normalized spacial score (nSPS) is 10.8. The lowest BCUT2D eigenvalue weighted by molar-refractivity contribution is 0.0470. The molecule has 2 heterocycles. The summed E-state index contributed by atoms with van der Waals surface area (Å²) in [7, 11) is 0. The molecule has 0 aliphatic rings. The van der Waals surface area contributed by atoms with E-state index in [2.05, 4.69) is 16.9 Å². The monoisotopic (exact) mass is 312 g/mol. The standard InChI is InChI=1S/C17H16N2O2S/c1-3-16-19-12(10-22-16)9-21-17(20)14-8-11(2)18-15-7-5-4-6-13(14)15/h4-8,10H,3,9H2,1-2H3. The number of nitrogens with zero attached hydrogens (tertiary/aromatic N) is 2. The molecule has 0 saturated heterocycles. The highest BCUT2D eigenvalue weighted by Gasteiger charge is 2.14. The molecule has 22 heavy (non-hydrogen) atoms. The molecule has 1 aromatic carbocycles. The molecule has 0 amide bonds. The third-order valence-electron chi connectivity index (χ3n) is 3.32. The SMILES string of the molecule is CCc1nc(COC(=O)c2cc(C)nc3ccccc23)cs1. The van der Waals surface area contributed by atoms with E-state index in [1.165, 1.54) is 0 Å². The fraction of sp³-hybridized carbons (Fsp3) is 0.235. The van der Waals surface area contributed by atoms with Crippen LogP contribution in [0.1, 0.15) is 33.7 Å². The predicted molar refractivity (Wildman–Crippen MR) is 87.1 cm³/mol. The molecule has 0 atom stereocenters. The zero-order valence-corrected chi connectivity index (χ0v) is 13.3. The van der Waals surface area contributed by atoms with Gasteiger partial charge in [-0.25, -0.2) is 9.78 Å². The molecule has 0 unspecified atom stereocenters. The summed E-state index contributed by atoms with van der Waals surface area (Å²) in [4.78, 5) is 21.2. The zero-order chi connectivity index (χ0) is 15.5. The molecule has 0 radical (unpaired) electrons. The average molecular weight is 312 g/mol. The van der Waals surface area contributed by atoms with Gasteiger partial charge in [0.25, 0.3) is 0 Å². The highest BCUT2D eigenvalue weighted by atomic mass is 32.1. The quantitative estimate of drug-likeness (QED) is 0.685. The van der Waals surface area contributed by atoms with Crippen LogP contribution in [0.3, 0.4) is 0 Å². The molecule has 0 aliphatic heterocycles. The van der Waals surface area contributed by atoms with Gasteiger partial charge in [0.05, 0.1) is 21.8 Å². The van der Waals surface area contributed by atoms with Gasteiger partial charge in [-0.1, -0.05) is 25.1 Å². The molecule has 4 nitrogen and oxygen atoms in total. The number of carbonyl (C=O) groups is 1. The largest absolute Gasteiger partial charge is 0.456 e. The minimum Gasteiger partial charge on any atom is -0.456 e. The topological polar surface area (TPSA) is 52.1 Å². The molecule has 112 valence electrons. The van der Waals surface area contributed by atoms with Crippen molar-refractivity contribution in [2.75, 3.05) is 0 Å². The average Bonchev–Trinajstić information content (AvgIpc) is 2.99. The van der Waals surface area contributed by atoms with Crippen molar-refractivity contribution in [2.45, 2.75) is 26.9 Å². The number of hydrogen-bond donors (Lipinski definition) is 0. The number of ether oxygens (including phenoxy) is 1. The number of hydrogen-bond acceptors (Lipinski definition) is 5. The van der Waals surface area contributed by atoms with Crippen molar-refractivity contribution < 1.29 is 9.53 Å². The lowest BCUT2D eigenvalue weighted by Gasteiger charge is -2.07. The number of benzene rings is 1. The van der Waals surface area contributed by atoms with E-state index in [1.54, 1.807) is 17.4 Å². The van der Waals surface area contributed by atoms with Gasteiger partial charge in [-0.2, -0.15) is 0 Å². The van der Waals surface area contributed by atoms with Crippen molar-refractivity contribution in [1.29, 1.82) is 0 Å². The number of fused-ring (bicyclic) bond motifs is 1. The van der Waals surface area contributed by atoms with E-state index in [1.807, 2.05) is 36.6 Å². The van der Waals surface area contributed by atoms with Crippen LogP contribution < -0.4 is 0 Å². The van der Waals surface area contributed by atoms with Crippen LogP contribution >= 0.6 is 11.3 Å². The zero-order valence-electron chi connectivity index (χ0n) is 12.5. The number of aryl methyl sites for hydroxylation is 2. The van der Waals surface area contributed by atoms with Gasteiger partial charge in [-0.05, 0) is 25.5 Å². The Balaban J connectivity index is 1.83. The van der Waals surface area contributed by atoms with Crippen LogP contribution in [0.2, 0.25) is 0 Å². The summed E-state index contributed by atoms with van der Waals surface area (Å²) in [6.07, 6.45) is 0.896. The molecule has 0 N–H and O–H groups in total. The van der Waals surface area contributed by atoms with Gasteiger partial charge in [-0.15, -0.1) is 11.3 Å². The Morgan fingerprint density at radius 1 is 1.27 bits per heavy atom. The van der Waals surface area contributed by atoms with Gasteiger partial charge >= 0.3 is 5.97 Å². The third kappa shape index (κ3) is 2.99. The fourth-order valence-electron chi connectivity index (χ4n) is 2.27. The molecule has 5 heteroatoms. The maximum absolute atomic E-state index is 12.4. The molecule has 3 aromatic rings. The molecule has 0 aliphatic carbocycles. The minimum atomic E-state index is -0.340. The summed E-state index contributed by atoms with van der Waals surface area (Å²) in [5, 5.41) is 3.80. The smallest absolute Gasteiger partial charge is 0.339 e. The first-order chi connectivity index (χ1) is 10.7. The molecule has 0 spiro atoms. The summed E-state index contributed by atoms with van der Waals surface area (Å²) in [5.74, 6) is -0.340. The first-order valence-electron chi connectivity index (χ1n) is 7.14. The Labute approximate surface area is 132 Å². The Morgan fingerprint density at radius 2 is 2.09 bits per heavy atom. The van der Waals surface area contributed by atoms with Crippen LogP contribution in [0.4, 0.5) is 0 Å². The maximum atomic E-state index is 12.4. The Bertz CT molecular complexity index is 826. The van der Waals surface area contributed by atoms with Crippen LogP contribution in [0.25, 0.3) is 10.9 Å². The van der Waals surface area contributed by atoms with Crippen molar-refractivity contribution in [1.82, 2.24) is 9.97 Å². The third-order valence-corrected chi connectivity index (χ3v) is 4.36. The Kier molecular flexibility index (Phi) is 4.15. The minimum absolute atomic E-state index is 0.199. The lowest BCUT2D eigenvalue weighted by atomic mass is 10.1. The Morgan fingerprint density at radius 3 is 2.86 bits per heavy atom. The number of carbonyl (C=O) groups excluding carboxylic acids is 1. The van der Waals surface area contributed by atoms with Gasteiger partial charge in [0.15, 0.2) is 0 Å². The summed E-state index contributed by atoms with van der Waals surface area (Å²) < 4.78 is 5.41. The molecule has 0 fully saturated rings. The highest BCUT2D eigenvalue weighted by molar-refractivity contribution is 7.09. The summed E-state index contributed by atoms with van der Waals surface area (Å²) in [6.45, 7) is 4.13. The first kappa shape index (κ1) is 14.7. The van der Waals surface area contributed by atoms with Crippen LogP contribution in [-0.2, 0) is 17.8 Å². The molecule has 0 bridgehead atoms. The van der Waals surface area contributed by atoms with Gasteiger partial charge in [0.2, 0.25) is 0 Å². The van der Waals surface area contributed by atoms with Crippen molar-refractivity contribution >= 4 is 28.2 Å². The van der Waals surface area contributed by atoms with Crippen LogP contribution in [-0.4, -0.2) is 15.9 Å². The maximum Gasteiger partial charge on any atom is 0.339 e. The highest BCUT2D eigenvalue weighted by Crippen LogP contribution is 2.20. The second-order valence-electron chi connectivity index (χ2n) is 4.99. The molecule has 3 rings (SSSR count). The summed E-state index contributed by atoms with van der Waals surface area (Å²) in [5.41, 5.74) is 2.95. The fourth-order valence-corrected chi connectivity index (χ4v) is 3.00. The van der Waals surface area contributed by atoms with E-state index in [0.717, 1.165) is 33.7 Å². The van der Waals surface area contributed by atoms with Crippen molar-refractivity contribution in [2.24, 2.45) is 0 Å². The molecule has 2 aromatic heterocycles. The van der Waals surface area contributed by atoms with Crippen molar-refractivity contribution in [3.63, 3.8) is 0 Å². The van der Waals surface area contributed by atoms with E-state index in [9.17, 15) is 4.79 Å². The van der Waals surface area contributed by atoms with E-state index in [4.69, 9.17) is 4.74 Å². The Hall–Kier alpha value is -2.27.